The van der Waals surface area contributed by atoms with Crippen LogP contribution >= 0.6 is 0 Å². The zero-order valence-electron chi connectivity index (χ0n) is 13.4. The van der Waals surface area contributed by atoms with Gasteiger partial charge in [-0.2, -0.15) is 0 Å². The van der Waals surface area contributed by atoms with Crippen molar-refractivity contribution >= 4 is 5.69 Å². The molecule has 0 atom stereocenters. The summed E-state index contributed by atoms with van der Waals surface area (Å²) in [6, 6.07) is 9.45. The molecular weight excluding hydrogens is 244 g/mol. The average molecular weight is 274 g/mol. The lowest BCUT2D eigenvalue weighted by molar-refractivity contribution is 0.309. The second kappa shape index (κ2) is 7.68. The summed E-state index contributed by atoms with van der Waals surface area (Å²) in [6.07, 6.45) is 5.51. The van der Waals surface area contributed by atoms with Gasteiger partial charge in [-0.25, -0.2) is 0 Å². The maximum Gasteiger partial charge on any atom is 0.0396 e. The second-order valence-electron chi connectivity index (χ2n) is 6.28. The summed E-state index contributed by atoms with van der Waals surface area (Å²) in [4.78, 5) is 2.48. The Morgan fingerprint density at radius 3 is 2.50 bits per heavy atom. The quantitative estimate of drug-likeness (QED) is 0.844. The second-order valence-corrected chi connectivity index (χ2v) is 6.28. The third kappa shape index (κ3) is 4.24. The van der Waals surface area contributed by atoms with Gasteiger partial charge < -0.3 is 10.2 Å². The van der Waals surface area contributed by atoms with E-state index in [1.54, 1.807) is 0 Å². The van der Waals surface area contributed by atoms with Crippen LogP contribution in [0.2, 0.25) is 0 Å². The summed E-state index contributed by atoms with van der Waals surface area (Å²) in [6.45, 7) is 10.1. The Balaban J connectivity index is 1.78. The lowest BCUT2D eigenvalue weighted by atomic mass is 9.87. The van der Waals surface area contributed by atoms with Gasteiger partial charge in [-0.05, 0) is 57.1 Å². The van der Waals surface area contributed by atoms with Crippen LogP contribution in [0.4, 0.5) is 5.69 Å². The molecule has 1 aliphatic rings. The Hall–Kier alpha value is -1.02. The number of anilines is 1. The van der Waals surface area contributed by atoms with Gasteiger partial charge in [-0.1, -0.05) is 25.1 Å². The smallest absolute Gasteiger partial charge is 0.0396 e. The van der Waals surface area contributed by atoms with E-state index in [0.717, 1.165) is 31.6 Å². The molecule has 1 fully saturated rings. The first-order valence-electron chi connectivity index (χ1n) is 8.24. The number of likely N-dealkylation sites (N-methyl/N-ethyl adjacent to an activating group) is 1. The van der Waals surface area contributed by atoms with Crippen LogP contribution in [-0.2, 0) is 0 Å². The number of rotatable bonds is 6. The molecule has 0 saturated heterocycles. The fourth-order valence-electron chi connectivity index (χ4n) is 3.23. The Kier molecular flexibility index (Phi) is 5.90. The molecule has 0 heterocycles. The standard InChI is InChI=1S/C18H30N2/c1-4-20(18-8-6-5-7-16(18)3)14-13-19-17-11-9-15(2)10-12-17/h5-8,15,17,19H,4,9-14H2,1-3H3. The topological polar surface area (TPSA) is 15.3 Å². The molecule has 0 spiro atoms. The third-order valence-corrected chi connectivity index (χ3v) is 4.67. The first-order valence-corrected chi connectivity index (χ1v) is 8.24. The zero-order chi connectivity index (χ0) is 14.4. The van der Waals surface area contributed by atoms with Crippen LogP contribution < -0.4 is 10.2 Å². The molecule has 20 heavy (non-hydrogen) atoms. The fourth-order valence-corrected chi connectivity index (χ4v) is 3.23. The van der Waals surface area contributed by atoms with Crippen molar-refractivity contribution in [1.29, 1.82) is 0 Å². The van der Waals surface area contributed by atoms with E-state index < -0.39 is 0 Å². The molecule has 0 aliphatic heterocycles. The number of hydrogen-bond acceptors (Lipinski definition) is 2. The first kappa shape index (κ1) is 15.4. The number of aryl methyl sites for hydroxylation is 1. The molecule has 0 unspecified atom stereocenters. The Bertz CT molecular complexity index is 394. The van der Waals surface area contributed by atoms with E-state index in [1.165, 1.54) is 36.9 Å². The number of para-hydroxylation sites is 1. The molecule has 1 N–H and O–H groups in total. The van der Waals surface area contributed by atoms with Gasteiger partial charge in [-0.3, -0.25) is 0 Å². The monoisotopic (exact) mass is 274 g/mol. The highest BCUT2D eigenvalue weighted by molar-refractivity contribution is 5.52. The van der Waals surface area contributed by atoms with Gasteiger partial charge in [0.05, 0.1) is 0 Å². The molecule has 112 valence electrons. The molecule has 0 radical (unpaired) electrons. The maximum absolute atomic E-state index is 3.75. The highest BCUT2D eigenvalue weighted by Crippen LogP contribution is 2.23. The molecule has 0 bridgehead atoms. The van der Waals surface area contributed by atoms with Gasteiger partial charge in [0.15, 0.2) is 0 Å². The van der Waals surface area contributed by atoms with Crippen molar-refractivity contribution in [1.82, 2.24) is 5.32 Å². The van der Waals surface area contributed by atoms with Crippen LogP contribution in [0.3, 0.4) is 0 Å². The molecule has 1 saturated carbocycles. The van der Waals surface area contributed by atoms with Crippen molar-refractivity contribution in [2.24, 2.45) is 5.92 Å². The van der Waals surface area contributed by atoms with Crippen LogP contribution in [-0.4, -0.2) is 25.7 Å². The van der Waals surface area contributed by atoms with Crippen molar-refractivity contribution < 1.29 is 0 Å². The van der Waals surface area contributed by atoms with Crippen LogP contribution in [0.15, 0.2) is 24.3 Å². The Morgan fingerprint density at radius 2 is 1.85 bits per heavy atom. The minimum absolute atomic E-state index is 0.752. The average Bonchev–Trinajstić information content (AvgIpc) is 2.47. The lowest BCUT2D eigenvalue weighted by Crippen LogP contribution is -2.39. The van der Waals surface area contributed by atoms with E-state index in [-0.39, 0.29) is 0 Å². The van der Waals surface area contributed by atoms with E-state index >= 15 is 0 Å². The minimum atomic E-state index is 0.752. The normalized spacial score (nSPS) is 22.8. The van der Waals surface area contributed by atoms with E-state index in [1.807, 2.05) is 0 Å². The van der Waals surface area contributed by atoms with E-state index in [0.29, 0.717) is 0 Å². The third-order valence-electron chi connectivity index (χ3n) is 4.67. The van der Waals surface area contributed by atoms with E-state index in [9.17, 15) is 0 Å². The summed E-state index contributed by atoms with van der Waals surface area (Å²) in [5, 5.41) is 3.75. The molecule has 1 aliphatic carbocycles. The molecule has 1 aromatic carbocycles. The molecule has 0 amide bonds. The van der Waals surface area contributed by atoms with Crippen molar-refractivity contribution in [2.75, 3.05) is 24.5 Å². The molecular formula is C18H30N2. The number of nitrogens with zero attached hydrogens (tertiary/aromatic N) is 1. The summed E-state index contributed by atoms with van der Waals surface area (Å²) in [7, 11) is 0. The van der Waals surface area contributed by atoms with Crippen LogP contribution in [0.1, 0.15) is 45.1 Å². The van der Waals surface area contributed by atoms with Gasteiger partial charge in [0.1, 0.15) is 0 Å². The summed E-state index contributed by atoms with van der Waals surface area (Å²) < 4.78 is 0. The molecule has 1 aromatic rings. The van der Waals surface area contributed by atoms with Gasteiger partial charge in [0, 0.05) is 31.4 Å². The van der Waals surface area contributed by atoms with Crippen molar-refractivity contribution in [3.05, 3.63) is 29.8 Å². The molecule has 2 heteroatoms. The number of nitrogens with one attached hydrogen (secondary N) is 1. The molecule has 2 rings (SSSR count). The van der Waals surface area contributed by atoms with Gasteiger partial charge in [0.2, 0.25) is 0 Å². The zero-order valence-corrected chi connectivity index (χ0v) is 13.4. The number of benzene rings is 1. The fraction of sp³-hybridized carbons (Fsp3) is 0.667. The van der Waals surface area contributed by atoms with Crippen molar-refractivity contribution in [3.63, 3.8) is 0 Å². The van der Waals surface area contributed by atoms with Gasteiger partial charge in [-0.15, -0.1) is 0 Å². The van der Waals surface area contributed by atoms with Crippen LogP contribution in [0.5, 0.6) is 0 Å². The highest BCUT2D eigenvalue weighted by Gasteiger charge is 2.17. The summed E-state index contributed by atoms with van der Waals surface area (Å²) in [5.41, 5.74) is 2.76. The van der Waals surface area contributed by atoms with E-state index in [4.69, 9.17) is 0 Å². The van der Waals surface area contributed by atoms with Gasteiger partial charge in [0.25, 0.3) is 0 Å². The molecule has 2 nitrogen and oxygen atoms in total. The van der Waals surface area contributed by atoms with Crippen molar-refractivity contribution in [3.8, 4) is 0 Å². The lowest BCUT2D eigenvalue weighted by Gasteiger charge is -2.29. The van der Waals surface area contributed by atoms with Gasteiger partial charge >= 0.3 is 0 Å². The first-order chi connectivity index (χ1) is 9.70. The Labute approximate surface area is 124 Å². The minimum Gasteiger partial charge on any atom is -0.370 e. The van der Waals surface area contributed by atoms with Crippen molar-refractivity contribution in [2.45, 2.75) is 52.5 Å². The highest BCUT2D eigenvalue weighted by atomic mass is 15.1. The van der Waals surface area contributed by atoms with Crippen LogP contribution in [0, 0.1) is 12.8 Å². The number of hydrogen-bond donors (Lipinski definition) is 1. The summed E-state index contributed by atoms with van der Waals surface area (Å²) >= 11 is 0. The summed E-state index contributed by atoms with van der Waals surface area (Å²) in [5.74, 6) is 0.937. The SMILES string of the molecule is CCN(CCNC1CCC(C)CC1)c1ccccc1C. The molecule has 0 aromatic heterocycles. The largest absolute Gasteiger partial charge is 0.370 e. The predicted molar refractivity (Wildman–Crippen MR) is 88.5 cm³/mol. The Morgan fingerprint density at radius 1 is 1.15 bits per heavy atom. The van der Waals surface area contributed by atoms with Crippen LogP contribution in [0.25, 0.3) is 0 Å². The maximum atomic E-state index is 3.75. The van der Waals surface area contributed by atoms with E-state index in [2.05, 4.69) is 55.3 Å². The predicted octanol–water partition coefficient (Wildman–Crippen LogP) is 3.99.